The molecule has 3 nitrogen and oxygen atoms in total. The molecule has 0 heterocycles. The number of nitrogens with one attached hydrogen (secondary N) is 1. The van der Waals surface area contributed by atoms with Gasteiger partial charge in [0.15, 0.2) is 0 Å². The fourth-order valence-corrected chi connectivity index (χ4v) is 2.45. The third kappa shape index (κ3) is 3.27. The lowest BCUT2D eigenvalue weighted by Gasteiger charge is -2.15. The molecular formula is C10H10BrCl2NO2. The average molecular weight is 327 g/mol. The first-order valence-electron chi connectivity index (χ1n) is 4.44. The summed E-state index contributed by atoms with van der Waals surface area (Å²) in [6, 6.07) is 2.88. The van der Waals surface area contributed by atoms with Gasteiger partial charge in [-0.1, -0.05) is 39.1 Å². The van der Waals surface area contributed by atoms with E-state index in [4.69, 9.17) is 23.2 Å². The first kappa shape index (κ1) is 13.6. The maximum absolute atomic E-state index is 11.2. The van der Waals surface area contributed by atoms with Gasteiger partial charge in [0.05, 0.1) is 22.8 Å². The van der Waals surface area contributed by atoms with Crippen LogP contribution in [0.1, 0.15) is 6.92 Å². The minimum Gasteiger partial charge on any atom is -0.467 e. The molecule has 0 aliphatic rings. The van der Waals surface area contributed by atoms with Crippen molar-refractivity contribution in [3.63, 3.8) is 0 Å². The zero-order chi connectivity index (χ0) is 12.3. The Hall–Kier alpha value is -0.450. The van der Waals surface area contributed by atoms with Gasteiger partial charge >= 0.3 is 5.97 Å². The SMILES string of the molecule is COC(=O)C(C)Nc1c(Cl)cc(Br)cc1Cl. The predicted molar refractivity (Wildman–Crippen MR) is 69.3 cm³/mol. The van der Waals surface area contributed by atoms with Crippen molar-refractivity contribution in [2.75, 3.05) is 12.4 Å². The van der Waals surface area contributed by atoms with E-state index in [-0.39, 0.29) is 5.97 Å². The van der Waals surface area contributed by atoms with Crippen LogP contribution < -0.4 is 5.32 Å². The molecular weight excluding hydrogens is 317 g/mol. The van der Waals surface area contributed by atoms with Crippen molar-refractivity contribution in [1.82, 2.24) is 0 Å². The summed E-state index contributed by atoms with van der Waals surface area (Å²) in [6.45, 7) is 1.67. The molecule has 1 rings (SSSR count). The first-order chi connectivity index (χ1) is 7.45. The van der Waals surface area contributed by atoms with Crippen LogP contribution in [0.5, 0.6) is 0 Å². The molecule has 0 bridgehead atoms. The third-order valence-corrected chi connectivity index (χ3v) is 2.98. The van der Waals surface area contributed by atoms with E-state index >= 15 is 0 Å². The van der Waals surface area contributed by atoms with E-state index in [0.29, 0.717) is 15.7 Å². The van der Waals surface area contributed by atoms with Crippen molar-refractivity contribution in [2.24, 2.45) is 0 Å². The number of carbonyl (C=O) groups is 1. The van der Waals surface area contributed by atoms with Gasteiger partial charge in [-0.25, -0.2) is 4.79 Å². The third-order valence-electron chi connectivity index (χ3n) is 1.92. The quantitative estimate of drug-likeness (QED) is 0.860. The minimum absolute atomic E-state index is 0.380. The van der Waals surface area contributed by atoms with Crippen molar-refractivity contribution in [3.05, 3.63) is 26.7 Å². The van der Waals surface area contributed by atoms with E-state index in [9.17, 15) is 4.79 Å². The van der Waals surface area contributed by atoms with E-state index in [0.717, 1.165) is 4.47 Å². The van der Waals surface area contributed by atoms with Crippen molar-refractivity contribution in [2.45, 2.75) is 13.0 Å². The summed E-state index contributed by atoms with van der Waals surface area (Å²) in [7, 11) is 1.32. The number of halogens is 3. The Bertz CT molecular complexity index is 389. The maximum atomic E-state index is 11.2. The van der Waals surface area contributed by atoms with Gasteiger partial charge in [0.25, 0.3) is 0 Å². The highest BCUT2D eigenvalue weighted by Crippen LogP contribution is 2.34. The molecule has 1 N–H and O–H groups in total. The van der Waals surface area contributed by atoms with Gasteiger partial charge in [0.2, 0.25) is 0 Å². The normalized spacial score (nSPS) is 12.1. The maximum Gasteiger partial charge on any atom is 0.327 e. The lowest BCUT2D eigenvalue weighted by atomic mass is 10.2. The summed E-state index contributed by atoms with van der Waals surface area (Å²) in [6.07, 6.45) is 0. The molecule has 1 aromatic carbocycles. The molecule has 0 aromatic heterocycles. The molecule has 1 atom stereocenters. The number of ether oxygens (including phenoxy) is 1. The molecule has 0 aliphatic heterocycles. The highest BCUT2D eigenvalue weighted by atomic mass is 79.9. The highest BCUT2D eigenvalue weighted by Gasteiger charge is 2.16. The summed E-state index contributed by atoms with van der Waals surface area (Å²) >= 11 is 15.3. The Morgan fingerprint density at radius 3 is 2.38 bits per heavy atom. The second kappa shape index (κ2) is 5.75. The van der Waals surface area contributed by atoms with Gasteiger partial charge in [0.1, 0.15) is 6.04 Å². The first-order valence-corrected chi connectivity index (χ1v) is 5.99. The monoisotopic (exact) mass is 325 g/mol. The second-order valence-electron chi connectivity index (χ2n) is 3.13. The van der Waals surface area contributed by atoms with Crippen molar-refractivity contribution in [3.8, 4) is 0 Å². The summed E-state index contributed by atoms with van der Waals surface area (Å²) in [5.74, 6) is -0.380. The van der Waals surface area contributed by atoms with Gasteiger partial charge in [-0.05, 0) is 19.1 Å². The van der Waals surface area contributed by atoms with Crippen LogP contribution in [0.25, 0.3) is 0 Å². The van der Waals surface area contributed by atoms with E-state index in [1.165, 1.54) is 7.11 Å². The molecule has 0 saturated carbocycles. The van der Waals surface area contributed by atoms with E-state index in [2.05, 4.69) is 26.0 Å². The zero-order valence-electron chi connectivity index (χ0n) is 8.68. The number of hydrogen-bond acceptors (Lipinski definition) is 3. The number of methoxy groups -OCH3 is 1. The van der Waals surface area contributed by atoms with E-state index < -0.39 is 6.04 Å². The zero-order valence-corrected chi connectivity index (χ0v) is 11.8. The summed E-state index contributed by atoms with van der Waals surface area (Å²) in [5.41, 5.74) is 0.518. The van der Waals surface area contributed by atoms with Gasteiger partial charge < -0.3 is 10.1 Å². The molecule has 1 aromatic rings. The molecule has 0 radical (unpaired) electrons. The van der Waals surface area contributed by atoms with Crippen molar-refractivity contribution >= 4 is 50.8 Å². The largest absolute Gasteiger partial charge is 0.467 e. The number of carbonyl (C=O) groups excluding carboxylic acids is 1. The summed E-state index contributed by atoms with van der Waals surface area (Å²) < 4.78 is 5.37. The lowest BCUT2D eigenvalue weighted by molar-refractivity contribution is -0.141. The number of anilines is 1. The van der Waals surface area contributed by atoms with E-state index in [1.807, 2.05) is 0 Å². The fourth-order valence-electron chi connectivity index (χ4n) is 1.13. The Morgan fingerprint density at radius 1 is 1.44 bits per heavy atom. The molecule has 16 heavy (non-hydrogen) atoms. The van der Waals surface area contributed by atoms with E-state index in [1.54, 1.807) is 19.1 Å². The fraction of sp³-hybridized carbons (Fsp3) is 0.300. The number of esters is 1. The van der Waals surface area contributed by atoms with Crippen LogP contribution >= 0.6 is 39.1 Å². The minimum atomic E-state index is -0.513. The smallest absolute Gasteiger partial charge is 0.327 e. The summed E-state index contributed by atoms with van der Waals surface area (Å²) in [4.78, 5) is 11.2. The topological polar surface area (TPSA) is 38.3 Å². The van der Waals surface area contributed by atoms with Crippen LogP contribution in [0.4, 0.5) is 5.69 Å². The highest BCUT2D eigenvalue weighted by molar-refractivity contribution is 9.10. The molecule has 0 amide bonds. The average Bonchev–Trinajstić information content (AvgIpc) is 2.21. The Kier molecular flexibility index (Phi) is 4.89. The van der Waals surface area contributed by atoms with Crippen LogP contribution in [0.3, 0.4) is 0 Å². The molecule has 6 heteroatoms. The van der Waals surface area contributed by atoms with Crippen molar-refractivity contribution < 1.29 is 9.53 Å². The van der Waals surface area contributed by atoms with Gasteiger partial charge in [-0.2, -0.15) is 0 Å². The second-order valence-corrected chi connectivity index (χ2v) is 4.86. The van der Waals surface area contributed by atoms with Crippen LogP contribution in [0, 0.1) is 0 Å². The number of rotatable bonds is 3. The molecule has 88 valence electrons. The van der Waals surface area contributed by atoms with Crippen LogP contribution in [0.15, 0.2) is 16.6 Å². The molecule has 0 spiro atoms. The van der Waals surface area contributed by atoms with Gasteiger partial charge in [-0.3, -0.25) is 0 Å². The molecule has 0 saturated heterocycles. The predicted octanol–water partition coefficient (Wildman–Crippen LogP) is 3.73. The van der Waals surface area contributed by atoms with Gasteiger partial charge in [-0.15, -0.1) is 0 Å². The standard InChI is InChI=1S/C10H10BrCl2NO2/c1-5(10(15)16-2)14-9-7(12)3-6(11)4-8(9)13/h3-5,14H,1-2H3. The van der Waals surface area contributed by atoms with Crippen LogP contribution in [-0.4, -0.2) is 19.1 Å². The van der Waals surface area contributed by atoms with Crippen LogP contribution in [0.2, 0.25) is 10.0 Å². The molecule has 0 aliphatic carbocycles. The Balaban J connectivity index is 2.93. The lowest BCUT2D eigenvalue weighted by Crippen LogP contribution is -2.27. The van der Waals surface area contributed by atoms with Crippen molar-refractivity contribution in [1.29, 1.82) is 0 Å². The Morgan fingerprint density at radius 2 is 1.94 bits per heavy atom. The van der Waals surface area contributed by atoms with Crippen LogP contribution in [-0.2, 0) is 9.53 Å². The van der Waals surface area contributed by atoms with Gasteiger partial charge in [0, 0.05) is 4.47 Å². The summed E-state index contributed by atoms with van der Waals surface area (Å²) in [5, 5.41) is 3.78. The molecule has 0 fully saturated rings. The Labute approximate surface area is 112 Å². The number of hydrogen-bond donors (Lipinski definition) is 1. The number of benzene rings is 1. The molecule has 1 unspecified atom stereocenters.